The molecular weight excluding hydrogens is 287 g/mol. The lowest BCUT2D eigenvalue weighted by molar-refractivity contribution is 0.367. The van der Waals surface area contributed by atoms with Crippen LogP contribution in [-0.4, -0.2) is 36.8 Å². The standard InChI is InChI=1S/C12H13FN2O2S2/c1-9-8-18-5-4-15(9)19(16,17)11-2-3-12(13)10(6-11)7-14/h2-3,6,9H,4-5,8H2,1H3. The summed E-state index contributed by atoms with van der Waals surface area (Å²) in [5.41, 5.74) is -0.250. The molecule has 0 N–H and O–H groups in total. The van der Waals surface area contributed by atoms with Crippen LogP contribution < -0.4 is 0 Å². The molecule has 0 bridgehead atoms. The van der Waals surface area contributed by atoms with Crippen molar-refractivity contribution in [1.29, 1.82) is 5.26 Å². The fourth-order valence-corrected chi connectivity index (χ4v) is 4.84. The van der Waals surface area contributed by atoms with Crippen molar-refractivity contribution in [2.45, 2.75) is 17.9 Å². The number of rotatable bonds is 2. The zero-order chi connectivity index (χ0) is 14.0. The Hall–Kier alpha value is -1.10. The van der Waals surface area contributed by atoms with Crippen LogP contribution >= 0.6 is 11.8 Å². The number of sulfonamides is 1. The Morgan fingerprint density at radius 1 is 1.53 bits per heavy atom. The number of nitrogens with zero attached hydrogens (tertiary/aromatic N) is 2. The van der Waals surface area contributed by atoms with E-state index in [-0.39, 0.29) is 16.5 Å². The van der Waals surface area contributed by atoms with E-state index < -0.39 is 15.8 Å². The maximum atomic E-state index is 13.2. The summed E-state index contributed by atoms with van der Waals surface area (Å²) in [6.07, 6.45) is 0. The Labute approximate surface area is 116 Å². The molecule has 7 heteroatoms. The Balaban J connectivity index is 2.42. The van der Waals surface area contributed by atoms with Crippen LogP contribution in [0.15, 0.2) is 23.1 Å². The van der Waals surface area contributed by atoms with Crippen molar-refractivity contribution in [2.75, 3.05) is 18.1 Å². The van der Waals surface area contributed by atoms with Gasteiger partial charge in [-0.2, -0.15) is 21.3 Å². The van der Waals surface area contributed by atoms with E-state index in [0.717, 1.165) is 23.6 Å². The van der Waals surface area contributed by atoms with Crippen LogP contribution in [0.5, 0.6) is 0 Å². The summed E-state index contributed by atoms with van der Waals surface area (Å²) in [4.78, 5) is -0.0239. The first-order valence-electron chi connectivity index (χ1n) is 5.76. The van der Waals surface area contributed by atoms with Gasteiger partial charge in [0.1, 0.15) is 11.9 Å². The molecule has 1 aromatic rings. The van der Waals surface area contributed by atoms with Gasteiger partial charge in [-0.15, -0.1) is 0 Å². The van der Waals surface area contributed by atoms with Crippen molar-refractivity contribution in [3.63, 3.8) is 0 Å². The summed E-state index contributed by atoms with van der Waals surface area (Å²) in [6.45, 7) is 2.28. The second-order valence-electron chi connectivity index (χ2n) is 4.29. The molecule has 1 atom stereocenters. The van der Waals surface area contributed by atoms with Gasteiger partial charge in [0, 0.05) is 24.1 Å². The van der Waals surface area contributed by atoms with Crippen molar-refractivity contribution in [1.82, 2.24) is 4.31 Å². The lowest BCUT2D eigenvalue weighted by atomic mass is 10.2. The Bertz CT molecular complexity index is 625. The average molecular weight is 300 g/mol. The fraction of sp³-hybridized carbons (Fsp3) is 0.417. The molecule has 0 aliphatic carbocycles. The number of hydrogen-bond acceptors (Lipinski definition) is 4. The summed E-state index contributed by atoms with van der Waals surface area (Å²) < 4.78 is 39.6. The molecule has 1 saturated heterocycles. The lowest BCUT2D eigenvalue weighted by Crippen LogP contribution is -2.44. The van der Waals surface area contributed by atoms with Gasteiger partial charge in [-0.05, 0) is 25.1 Å². The highest BCUT2D eigenvalue weighted by Crippen LogP contribution is 2.25. The minimum atomic E-state index is -3.66. The lowest BCUT2D eigenvalue weighted by Gasteiger charge is -2.31. The third-order valence-electron chi connectivity index (χ3n) is 2.97. The van der Waals surface area contributed by atoms with Gasteiger partial charge in [-0.1, -0.05) is 0 Å². The highest BCUT2D eigenvalue weighted by Gasteiger charge is 2.31. The summed E-state index contributed by atoms with van der Waals surface area (Å²) in [7, 11) is -3.66. The Morgan fingerprint density at radius 2 is 2.26 bits per heavy atom. The maximum absolute atomic E-state index is 13.2. The summed E-state index contributed by atoms with van der Waals surface area (Å²) in [6, 6.07) is 4.89. The van der Waals surface area contributed by atoms with Crippen molar-refractivity contribution in [3.8, 4) is 6.07 Å². The van der Waals surface area contributed by atoms with Crippen LogP contribution in [0, 0.1) is 17.1 Å². The fourth-order valence-electron chi connectivity index (χ4n) is 1.95. The van der Waals surface area contributed by atoms with E-state index in [2.05, 4.69) is 0 Å². The van der Waals surface area contributed by atoms with E-state index >= 15 is 0 Å². The van der Waals surface area contributed by atoms with Crippen LogP contribution in [-0.2, 0) is 10.0 Å². The highest BCUT2D eigenvalue weighted by molar-refractivity contribution is 7.99. The smallest absolute Gasteiger partial charge is 0.207 e. The van der Waals surface area contributed by atoms with E-state index in [9.17, 15) is 12.8 Å². The van der Waals surface area contributed by atoms with E-state index in [0.29, 0.717) is 6.54 Å². The molecule has 4 nitrogen and oxygen atoms in total. The number of halogens is 1. The van der Waals surface area contributed by atoms with Gasteiger partial charge < -0.3 is 0 Å². The normalized spacial score (nSPS) is 21.0. The molecular formula is C12H13FN2O2S2. The van der Waals surface area contributed by atoms with Crippen LogP contribution in [0.1, 0.15) is 12.5 Å². The molecule has 102 valence electrons. The molecule has 0 saturated carbocycles. The van der Waals surface area contributed by atoms with Gasteiger partial charge in [0.25, 0.3) is 0 Å². The number of thioether (sulfide) groups is 1. The van der Waals surface area contributed by atoms with Gasteiger partial charge in [-0.25, -0.2) is 12.8 Å². The van der Waals surface area contributed by atoms with Gasteiger partial charge in [0.05, 0.1) is 10.5 Å². The van der Waals surface area contributed by atoms with Crippen molar-refractivity contribution < 1.29 is 12.8 Å². The van der Waals surface area contributed by atoms with Gasteiger partial charge >= 0.3 is 0 Å². The predicted molar refractivity (Wildman–Crippen MR) is 71.8 cm³/mol. The first-order valence-corrected chi connectivity index (χ1v) is 8.35. The zero-order valence-electron chi connectivity index (χ0n) is 10.3. The van der Waals surface area contributed by atoms with Crippen LogP contribution in [0.3, 0.4) is 0 Å². The highest BCUT2D eigenvalue weighted by atomic mass is 32.2. The number of hydrogen-bond donors (Lipinski definition) is 0. The minimum Gasteiger partial charge on any atom is -0.207 e. The third kappa shape index (κ3) is 2.76. The Kier molecular flexibility index (Phi) is 4.13. The maximum Gasteiger partial charge on any atom is 0.243 e. The molecule has 1 unspecified atom stereocenters. The van der Waals surface area contributed by atoms with E-state index in [1.54, 1.807) is 17.8 Å². The molecule has 0 amide bonds. The quantitative estimate of drug-likeness (QED) is 0.836. The van der Waals surface area contributed by atoms with Crippen molar-refractivity contribution in [2.24, 2.45) is 0 Å². The topological polar surface area (TPSA) is 61.2 Å². The second kappa shape index (κ2) is 5.49. The zero-order valence-corrected chi connectivity index (χ0v) is 12.0. The van der Waals surface area contributed by atoms with E-state index in [1.807, 2.05) is 6.92 Å². The van der Waals surface area contributed by atoms with Crippen molar-refractivity contribution in [3.05, 3.63) is 29.6 Å². The summed E-state index contributed by atoms with van der Waals surface area (Å²) in [5.74, 6) is 0.783. The van der Waals surface area contributed by atoms with E-state index in [1.165, 1.54) is 10.4 Å². The first kappa shape index (κ1) is 14.3. The Morgan fingerprint density at radius 3 is 2.89 bits per heavy atom. The van der Waals surface area contributed by atoms with Gasteiger partial charge in [0.15, 0.2) is 0 Å². The molecule has 19 heavy (non-hydrogen) atoms. The van der Waals surface area contributed by atoms with Gasteiger partial charge in [-0.3, -0.25) is 0 Å². The first-order chi connectivity index (χ1) is 8.96. The largest absolute Gasteiger partial charge is 0.243 e. The molecule has 0 radical (unpaired) electrons. The molecule has 1 fully saturated rings. The molecule has 1 aromatic carbocycles. The van der Waals surface area contributed by atoms with Crippen LogP contribution in [0.2, 0.25) is 0 Å². The van der Waals surface area contributed by atoms with Crippen LogP contribution in [0.4, 0.5) is 4.39 Å². The predicted octanol–water partition coefficient (Wildman–Crippen LogP) is 1.82. The molecule has 1 heterocycles. The molecule has 1 aliphatic rings. The number of benzene rings is 1. The minimum absolute atomic E-state index is 0.0239. The monoisotopic (exact) mass is 300 g/mol. The molecule has 0 aromatic heterocycles. The van der Waals surface area contributed by atoms with Gasteiger partial charge in [0.2, 0.25) is 10.0 Å². The summed E-state index contributed by atoms with van der Waals surface area (Å²) in [5, 5.41) is 8.77. The third-order valence-corrected chi connectivity index (χ3v) is 6.17. The average Bonchev–Trinajstić information content (AvgIpc) is 2.39. The van der Waals surface area contributed by atoms with Crippen LogP contribution in [0.25, 0.3) is 0 Å². The molecule has 2 rings (SSSR count). The second-order valence-corrected chi connectivity index (χ2v) is 7.33. The van der Waals surface area contributed by atoms with E-state index in [4.69, 9.17) is 5.26 Å². The van der Waals surface area contributed by atoms with Crippen molar-refractivity contribution >= 4 is 21.8 Å². The molecule has 1 aliphatic heterocycles. The summed E-state index contributed by atoms with van der Waals surface area (Å²) >= 11 is 1.71. The number of nitriles is 1. The molecule has 0 spiro atoms. The SMILES string of the molecule is CC1CSCCN1S(=O)(=O)c1ccc(F)c(C#N)c1.